The van der Waals surface area contributed by atoms with Gasteiger partial charge in [0.25, 0.3) is 11.6 Å². The van der Waals surface area contributed by atoms with Gasteiger partial charge in [-0.1, -0.05) is 17.7 Å². The molecule has 1 N–H and O–H groups in total. The molecular weight excluding hydrogens is 414 g/mol. The zero-order valence-corrected chi connectivity index (χ0v) is 16.3. The third-order valence-corrected chi connectivity index (χ3v) is 4.29. The van der Waals surface area contributed by atoms with Crippen molar-refractivity contribution in [3.8, 4) is 11.3 Å². The number of nitro groups is 1. The monoisotopic (exact) mass is 427 g/mol. The van der Waals surface area contributed by atoms with Gasteiger partial charge in [-0.05, 0) is 36.4 Å². The first kappa shape index (κ1) is 20.7. The van der Waals surface area contributed by atoms with Crippen molar-refractivity contribution in [3.05, 3.63) is 86.6 Å². The van der Waals surface area contributed by atoms with Crippen molar-refractivity contribution in [2.45, 2.75) is 0 Å². The number of carbonyl (C=O) groups excluding carboxylic acids is 2. The Bertz CT molecular complexity index is 1150. The molecule has 0 aliphatic heterocycles. The third-order valence-electron chi connectivity index (χ3n) is 3.96. The summed E-state index contributed by atoms with van der Waals surface area (Å²) in [5, 5.41) is 15.0. The Morgan fingerprint density at radius 3 is 2.70 bits per heavy atom. The van der Waals surface area contributed by atoms with Gasteiger partial charge in [-0.25, -0.2) is 10.2 Å². The van der Waals surface area contributed by atoms with Crippen LogP contribution in [0.5, 0.6) is 0 Å². The molecule has 0 saturated heterocycles. The van der Waals surface area contributed by atoms with E-state index < -0.39 is 16.8 Å². The smallest absolute Gasteiger partial charge is 0.337 e. The fourth-order valence-corrected chi connectivity index (χ4v) is 2.72. The first-order valence-electron chi connectivity index (χ1n) is 8.45. The topological polar surface area (TPSA) is 124 Å². The van der Waals surface area contributed by atoms with Crippen molar-refractivity contribution in [3.63, 3.8) is 0 Å². The van der Waals surface area contributed by atoms with Crippen LogP contribution in [-0.2, 0) is 4.74 Å². The number of benzene rings is 2. The molecule has 0 fully saturated rings. The zero-order valence-electron chi connectivity index (χ0n) is 15.5. The van der Waals surface area contributed by atoms with Crippen molar-refractivity contribution in [2.24, 2.45) is 5.10 Å². The normalized spacial score (nSPS) is 10.7. The highest BCUT2D eigenvalue weighted by Gasteiger charge is 2.14. The van der Waals surface area contributed by atoms with E-state index in [-0.39, 0.29) is 11.3 Å². The Kier molecular flexibility index (Phi) is 6.23. The second kappa shape index (κ2) is 9.01. The number of nitrogens with zero attached hydrogens (tertiary/aromatic N) is 2. The number of hydrazone groups is 1. The van der Waals surface area contributed by atoms with Crippen LogP contribution in [0, 0.1) is 10.1 Å². The summed E-state index contributed by atoms with van der Waals surface area (Å²) in [5.74, 6) is -0.429. The van der Waals surface area contributed by atoms with Crippen LogP contribution in [0.4, 0.5) is 5.69 Å². The van der Waals surface area contributed by atoms with E-state index in [9.17, 15) is 19.7 Å². The number of rotatable bonds is 6. The Morgan fingerprint density at radius 2 is 1.97 bits per heavy atom. The van der Waals surface area contributed by atoms with Crippen molar-refractivity contribution in [1.82, 2.24) is 5.43 Å². The second-order valence-corrected chi connectivity index (χ2v) is 6.30. The summed E-state index contributed by atoms with van der Waals surface area (Å²) in [6.07, 6.45) is 1.26. The van der Waals surface area contributed by atoms with Gasteiger partial charge in [0.05, 0.1) is 28.8 Å². The van der Waals surface area contributed by atoms with Gasteiger partial charge in [-0.3, -0.25) is 14.9 Å². The minimum Gasteiger partial charge on any atom is -0.465 e. The largest absolute Gasteiger partial charge is 0.465 e. The predicted molar refractivity (Wildman–Crippen MR) is 109 cm³/mol. The van der Waals surface area contributed by atoms with Crippen LogP contribution in [0.1, 0.15) is 26.5 Å². The molecule has 0 radical (unpaired) electrons. The van der Waals surface area contributed by atoms with Gasteiger partial charge in [0, 0.05) is 23.3 Å². The summed E-state index contributed by atoms with van der Waals surface area (Å²) < 4.78 is 10.3. The number of hydrogen-bond donors (Lipinski definition) is 1. The Hall–Kier alpha value is -3.98. The van der Waals surface area contributed by atoms with E-state index in [1.165, 1.54) is 43.7 Å². The van der Waals surface area contributed by atoms with Gasteiger partial charge >= 0.3 is 5.97 Å². The van der Waals surface area contributed by atoms with E-state index in [0.717, 1.165) is 6.07 Å². The van der Waals surface area contributed by atoms with Crippen LogP contribution in [-0.4, -0.2) is 30.1 Å². The molecule has 0 unspecified atom stereocenters. The summed E-state index contributed by atoms with van der Waals surface area (Å²) in [5.41, 5.74) is 2.96. The molecule has 3 aromatic rings. The van der Waals surface area contributed by atoms with Crippen LogP contribution in [0.2, 0.25) is 5.02 Å². The molecular formula is C20H14ClN3O6. The average Bonchev–Trinajstić information content (AvgIpc) is 3.22. The summed E-state index contributed by atoms with van der Waals surface area (Å²) in [7, 11) is 1.28. The van der Waals surface area contributed by atoms with Crippen molar-refractivity contribution < 1.29 is 23.7 Å². The number of esters is 1. The molecule has 1 amide bonds. The number of methoxy groups -OCH3 is 1. The van der Waals surface area contributed by atoms with E-state index >= 15 is 0 Å². The van der Waals surface area contributed by atoms with Crippen molar-refractivity contribution in [2.75, 3.05) is 7.11 Å². The minimum atomic E-state index is -0.615. The fourth-order valence-electron chi connectivity index (χ4n) is 2.51. The van der Waals surface area contributed by atoms with Gasteiger partial charge in [0.1, 0.15) is 11.5 Å². The highest BCUT2D eigenvalue weighted by molar-refractivity contribution is 6.33. The third kappa shape index (κ3) is 4.70. The molecule has 0 aliphatic carbocycles. The molecule has 3 rings (SSSR count). The molecule has 0 saturated carbocycles. The molecule has 1 heterocycles. The molecule has 10 heteroatoms. The predicted octanol–water partition coefficient (Wildman–Crippen LogP) is 4.06. The van der Waals surface area contributed by atoms with E-state index in [1.807, 2.05) is 0 Å². The molecule has 152 valence electrons. The lowest BCUT2D eigenvalue weighted by Gasteiger charge is -2.04. The van der Waals surface area contributed by atoms with Crippen LogP contribution >= 0.6 is 11.6 Å². The molecule has 30 heavy (non-hydrogen) atoms. The molecule has 0 aliphatic rings. The van der Waals surface area contributed by atoms with Gasteiger partial charge in [0.2, 0.25) is 0 Å². The first-order chi connectivity index (χ1) is 14.4. The van der Waals surface area contributed by atoms with Crippen LogP contribution in [0.3, 0.4) is 0 Å². The van der Waals surface area contributed by atoms with Crippen LogP contribution in [0.25, 0.3) is 11.3 Å². The lowest BCUT2D eigenvalue weighted by molar-refractivity contribution is -0.384. The molecule has 0 atom stereocenters. The van der Waals surface area contributed by atoms with E-state index in [0.29, 0.717) is 27.7 Å². The number of furan rings is 1. The summed E-state index contributed by atoms with van der Waals surface area (Å²) in [4.78, 5) is 34.0. The summed E-state index contributed by atoms with van der Waals surface area (Å²) in [6.45, 7) is 0. The van der Waals surface area contributed by atoms with Gasteiger partial charge < -0.3 is 9.15 Å². The van der Waals surface area contributed by atoms with E-state index in [4.69, 9.17) is 20.8 Å². The minimum absolute atomic E-state index is 0.0906. The van der Waals surface area contributed by atoms with Crippen molar-refractivity contribution in [1.29, 1.82) is 0 Å². The lowest BCUT2D eigenvalue weighted by atomic mass is 10.1. The highest BCUT2D eigenvalue weighted by atomic mass is 35.5. The molecule has 0 bridgehead atoms. The summed E-state index contributed by atoms with van der Waals surface area (Å²) >= 11 is 6.19. The number of nitrogens with one attached hydrogen (secondary N) is 1. The molecule has 0 spiro atoms. The molecule has 9 nitrogen and oxygen atoms in total. The highest BCUT2D eigenvalue weighted by Crippen LogP contribution is 2.30. The van der Waals surface area contributed by atoms with E-state index in [1.54, 1.807) is 18.2 Å². The number of non-ortho nitro benzene ring substituents is 1. The first-order valence-corrected chi connectivity index (χ1v) is 8.83. The van der Waals surface area contributed by atoms with Gasteiger partial charge in [0.15, 0.2) is 0 Å². The number of hydrogen-bond acceptors (Lipinski definition) is 7. The number of ether oxygens (including phenoxy) is 1. The maximum atomic E-state index is 12.1. The van der Waals surface area contributed by atoms with Crippen LogP contribution < -0.4 is 5.43 Å². The average molecular weight is 428 g/mol. The number of carbonyl (C=O) groups is 2. The Morgan fingerprint density at radius 1 is 1.17 bits per heavy atom. The van der Waals surface area contributed by atoms with E-state index in [2.05, 4.69) is 10.5 Å². The SMILES string of the molecule is COC(=O)c1ccc(Cl)c(-c2ccc(C=NNC(=O)c3cccc([N+](=O)[O-])c3)o2)c1. The summed E-state index contributed by atoms with van der Waals surface area (Å²) in [6, 6.07) is 13.1. The Balaban J connectivity index is 1.72. The molecule has 1 aromatic heterocycles. The number of halogens is 1. The molecule has 2 aromatic carbocycles. The van der Waals surface area contributed by atoms with Crippen LogP contribution in [0.15, 0.2) is 64.1 Å². The van der Waals surface area contributed by atoms with Gasteiger partial charge in [-0.2, -0.15) is 5.10 Å². The Labute approximate surface area is 175 Å². The lowest BCUT2D eigenvalue weighted by Crippen LogP contribution is -2.17. The zero-order chi connectivity index (χ0) is 21.7. The second-order valence-electron chi connectivity index (χ2n) is 5.89. The maximum absolute atomic E-state index is 12.1. The maximum Gasteiger partial charge on any atom is 0.337 e. The standard InChI is InChI=1S/C20H14ClN3O6/c1-29-20(26)13-5-7-17(21)16(10-13)18-8-6-15(30-18)11-22-23-19(25)12-3-2-4-14(9-12)24(27)28/h2-11H,1H3,(H,23,25). The quantitative estimate of drug-likeness (QED) is 0.274. The number of amides is 1. The van der Waals surface area contributed by atoms with Gasteiger partial charge in [-0.15, -0.1) is 0 Å². The number of nitro benzene ring substituents is 1. The fraction of sp³-hybridized carbons (Fsp3) is 0.0500. The van der Waals surface area contributed by atoms with Crippen molar-refractivity contribution >= 4 is 35.4 Å².